The normalized spacial score (nSPS) is 14.3. The van der Waals surface area contributed by atoms with Crippen LogP contribution in [0.4, 0.5) is 0 Å². The molecule has 1 unspecified atom stereocenters. The maximum absolute atomic E-state index is 2.62. The Morgan fingerprint density at radius 1 is 0.909 bits per heavy atom. The zero-order chi connectivity index (χ0) is 9.02. The molecule has 0 aromatic rings. The highest BCUT2D eigenvalue weighted by atomic mass is 24.5. The average Bonchev–Trinajstić information content (AvgIpc) is 1.85. The largest absolute Gasteiger partial charge is 0.386 e. The SMILES string of the molecule is [CH3][Mg][CH](C)N(C(C)C)C(C)C. The van der Waals surface area contributed by atoms with Crippen molar-refractivity contribution in [2.45, 2.75) is 55.9 Å². The molecule has 0 rings (SSSR count). The molecule has 1 nitrogen and oxygen atoms in total. The molecule has 1 atom stereocenters. The molecule has 0 saturated carbocycles. The van der Waals surface area contributed by atoms with E-state index in [1.54, 1.807) is 0 Å². The Morgan fingerprint density at radius 2 is 1.27 bits per heavy atom. The summed E-state index contributed by atoms with van der Waals surface area (Å²) in [5.74, 6) is 0. The zero-order valence-electron chi connectivity index (χ0n) is 8.89. The van der Waals surface area contributed by atoms with Gasteiger partial charge in [-0.1, -0.05) is 11.1 Å². The molecule has 0 fully saturated rings. The molecule has 0 bridgehead atoms. The topological polar surface area (TPSA) is 3.24 Å². The van der Waals surface area contributed by atoms with E-state index in [-0.39, 0.29) is 20.4 Å². The third kappa shape index (κ3) is 3.77. The van der Waals surface area contributed by atoms with Gasteiger partial charge in [-0.2, -0.15) is 5.05 Å². The molecule has 0 aromatic carbocycles. The van der Waals surface area contributed by atoms with Crippen molar-refractivity contribution < 1.29 is 0 Å². The molecule has 0 aromatic heterocycles. The fraction of sp³-hybridized carbons (Fsp3) is 1.00. The average molecular weight is 168 g/mol. The standard InChI is InChI=1S/C8H18N.CH3.Mg/c1-6-9(7(2)3)8(4)5;;/h6-8H,1-5H3;1H3;. The Hall–Kier alpha value is 0.726. The molecular formula is C9H21MgN. The first-order valence-electron chi connectivity index (χ1n) is 4.78. The van der Waals surface area contributed by atoms with Gasteiger partial charge in [-0.05, 0) is 27.7 Å². The predicted molar refractivity (Wildman–Crippen MR) is 53.2 cm³/mol. The summed E-state index contributed by atoms with van der Waals surface area (Å²) < 4.78 is 0.856. The van der Waals surface area contributed by atoms with Gasteiger partial charge in [0.2, 0.25) is 0 Å². The predicted octanol–water partition coefficient (Wildman–Crippen LogP) is 2.20. The van der Waals surface area contributed by atoms with Gasteiger partial charge in [0.05, 0.1) is 0 Å². The van der Waals surface area contributed by atoms with Crippen molar-refractivity contribution in [3.05, 3.63) is 0 Å². The van der Waals surface area contributed by atoms with Gasteiger partial charge in [-0.25, -0.2) is 0 Å². The summed E-state index contributed by atoms with van der Waals surface area (Å²) in [6, 6.07) is 1.41. The molecule has 0 aliphatic heterocycles. The van der Waals surface area contributed by atoms with E-state index in [1.165, 1.54) is 0 Å². The van der Waals surface area contributed by atoms with Crippen LogP contribution in [0, 0.1) is 0 Å². The van der Waals surface area contributed by atoms with E-state index in [0.29, 0.717) is 12.1 Å². The van der Waals surface area contributed by atoms with Crippen LogP contribution in [0.5, 0.6) is 0 Å². The molecular weight excluding hydrogens is 146 g/mol. The summed E-state index contributed by atoms with van der Waals surface area (Å²) in [5.41, 5.74) is 0. The third-order valence-electron chi connectivity index (χ3n) is 2.29. The summed E-state index contributed by atoms with van der Waals surface area (Å²) in [4.78, 5) is 2.62. The van der Waals surface area contributed by atoms with Crippen molar-refractivity contribution in [2.24, 2.45) is 0 Å². The van der Waals surface area contributed by atoms with E-state index in [0.717, 1.165) is 4.17 Å². The molecule has 0 heterocycles. The molecule has 0 N–H and O–H groups in total. The first-order chi connectivity index (χ1) is 5.00. The van der Waals surface area contributed by atoms with Crippen molar-refractivity contribution in [1.29, 1.82) is 0 Å². The summed E-state index contributed by atoms with van der Waals surface area (Å²) in [6.07, 6.45) is 0. The van der Waals surface area contributed by atoms with E-state index in [9.17, 15) is 0 Å². The van der Waals surface area contributed by atoms with Gasteiger partial charge in [0.15, 0.2) is 0 Å². The van der Waals surface area contributed by atoms with Gasteiger partial charge in [0, 0.05) is 12.1 Å². The van der Waals surface area contributed by atoms with Gasteiger partial charge >= 0.3 is 20.4 Å². The summed E-state index contributed by atoms with van der Waals surface area (Å²) in [6.45, 7) is 11.5. The van der Waals surface area contributed by atoms with Crippen LogP contribution in [-0.2, 0) is 0 Å². The van der Waals surface area contributed by atoms with Crippen LogP contribution in [0.2, 0.25) is 5.05 Å². The monoisotopic (exact) mass is 167 g/mol. The quantitative estimate of drug-likeness (QED) is 0.581. The van der Waals surface area contributed by atoms with Gasteiger partial charge in [0.25, 0.3) is 0 Å². The lowest BCUT2D eigenvalue weighted by atomic mass is 10.2. The van der Waals surface area contributed by atoms with Crippen molar-refractivity contribution >= 4 is 20.4 Å². The Bertz CT molecular complexity index is 93.7. The van der Waals surface area contributed by atoms with E-state index < -0.39 is 0 Å². The number of hydrogen-bond acceptors (Lipinski definition) is 1. The van der Waals surface area contributed by atoms with Crippen LogP contribution in [-0.4, -0.2) is 41.5 Å². The van der Waals surface area contributed by atoms with E-state index in [2.05, 4.69) is 44.6 Å². The number of rotatable bonds is 4. The van der Waals surface area contributed by atoms with Crippen LogP contribution in [0.15, 0.2) is 0 Å². The fourth-order valence-electron chi connectivity index (χ4n) is 1.83. The molecule has 0 aliphatic rings. The van der Waals surface area contributed by atoms with Gasteiger partial charge < -0.3 is 4.90 Å². The zero-order valence-corrected chi connectivity index (χ0v) is 10.3. The van der Waals surface area contributed by atoms with Crippen LogP contribution < -0.4 is 0 Å². The van der Waals surface area contributed by atoms with E-state index >= 15 is 0 Å². The van der Waals surface area contributed by atoms with Crippen LogP contribution >= 0.6 is 0 Å². The highest BCUT2D eigenvalue weighted by Crippen LogP contribution is 2.09. The van der Waals surface area contributed by atoms with Gasteiger partial charge in [0.1, 0.15) is 0 Å². The third-order valence-corrected chi connectivity index (χ3v) is 3.90. The summed E-state index contributed by atoms with van der Waals surface area (Å²) >= 11 is 0.131. The Morgan fingerprint density at radius 3 is 1.36 bits per heavy atom. The van der Waals surface area contributed by atoms with Gasteiger partial charge in [-0.15, -0.1) is 0 Å². The van der Waals surface area contributed by atoms with Crippen molar-refractivity contribution in [2.75, 3.05) is 0 Å². The molecule has 64 valence electrons. The van der Waals surface area contributed by atoms with Crippen molar-refractivity contribution in [3.63, 3.8) is 0 Å². The Labute approximate surface area is 81.3 Å². The first-order valence-corrected chi connectivity index (χ1v) is 7.01. The highest BCUT2D eigenvalue weighted by Gasteiger charge is 2.18. The van der Waals surface area contributed by atoms with Gasteiger partial charge in [-0.3, -0.25) is 0 Å². The fourth-order valence-corrected chi connectivity index (χ4v) is 3.09. The highest BCUT2D eigenvalue weighted by molar-refractivity contribution is 6.35. The first kappa shape index (κ1) is 11.7. The molecule has 0 saturated heterocycles. The Kier molecular flexibility index (Phi) is 5.74. The molecule has 0 radical (unpaired) electrons. The molecule has 0 spiro atoms. The number of hydrogen-bond donors (Lipinski definition) is 0. The lowest BCUT2D eigenvalue weighted by Crippen LogP contribution is -2.45. The summed E-state index contributed by atoms with van der Waals surface area (Å²) in [7, 11) is 0. The second-order valence-corrected chi connectivity index (χ2v) is 5.89. The molecule has 11 heavy (non-hydrogen) atoms. The minimum atomic E-state index is 0.131. The van der Waals surface area contributed by atoms with Crippen molar-refractivity contribution in [3.8, 4) is 0 Å². The minimum absolute atomic E-state index is 0.131. The van der Waals surface area contributed by atoms with E-state index in [1.807, 2.05) is 0 Å². The maximum atomic E-state index is 2.62. The minimum Gasteiger partial charge on any atom is -0.321 e. The van der Waals surface area contributed by atoms with Crippen LogP contribution in [0.3, 0.4) is 0 Å². The van der Waals surface area contributed by atoms with E-state index in [4.69, 9.17) is 0 Å². The maximum Gasteiger partial charge on any atom is 0.386 e. The second-order valence-electron chi connectivity index (χ2n) is 3.89. The summed E-state index contributed by atoms with van der Waals surface area (Å²) in [5, 5.41) is 2.39. The molecule has 2 heteroatoms. The van der Waals surface area contributed by atoms with Crippen molar-refractivity contribution in [1.82, 2.24) is 4.90 Å². The second kappa shape index (κ2) is 5.39. The number of nitrogens with zero attached hydrogens (tertiary/aromatic N) is 1. The smallest absolute Gasteiger partial charge is 0.321 e. The van der Waals surface area contributed by atoms with Crippen LogP contribution in [0.25, 0.3) is 0 Å². The molecule has 0 amide bonds. The lowest BCUT2D eigenvalue weighted by Gasteiger charge is -2.36. The van der Waals surface area contributed by atoms with Crippen LogP contribution in [0.1, 0.15) is 34.6 Å². The molecule has 0 aliphatic carbocycles. The Balaban J connectivity index is 4.09. The lowest BCUT2D eigenvalue weighted by molar-refractivity contribution is 0.162.